The second-order valence-corrected chi connectivity index (χ2v) is 8.58. The Morgan fingerprint density at radius 3 is 2.50 bits per heavy atom. The van der Waals surface area contributed by atoms with Crippen molar-refractivity contribution in [1.29, 1.82) is 0 Å². The molecule has 0 N–H and O–H groups in total. The highest BCUT2D eigenvalue weighted by molar-refractivity contribution is 5.78. The number of fused-ring (bicyclic) bond motifs is 1. The zero-order chi connectivity index (χ0) is 23.3. The van der Waals surface area contributed by atoms with Gasteiger partial charge in [-0.15, -0.1) is 0 Å². The predicted molar refractivity (Wildman–Crippen MR) is 120 cm³/mol. The van der Waals surface area contributed by atoms with E-state index in [1.165, 1.54) is 28.8 Å². The molecule has 7 nitrogen and oxygen atoms in total. The molecular formula is C24H26FN3O4. The predicted octanol–water partition coefficient (Wildman–Crippen LogP) is 4.85. The molecule has 3 aromatic rings. The van der Waals surface area contributed by atoms with Crippen molar-refractivity contribution in [2.75, 3.05) is 0 Å². The van der Waals surface area contributed by atoms with E-state index in [9.17, 15) is 18.9 Å². The first kappa shape index (κ1) is 23.2. The highest BCUT2D eigenvalue weighted by atomic mass is 19.1. The maximum absolute atomic E-state index is 13.4. The second kappa shape index (κ2) is 9.80. The highest BCUT2D eigenvalue weighted by Gasteiger charge is 2.17. The van der Waals surface area contributed by atoms with Crippen molar-refractivity contribution in [2.24, 2.45) is 5.18 Å². The van der Waals surface area contributed by atoms with Crippen LogP contribution in [-0.4, -0.2) is 21.1 Å². The Kier molecular flexibility index (Phi) is 7.12. The van der Waals surface area contributed by atoms with Crippen LogP contribution in [0.5, 0.6) is 0 Å². The number of carbonyl (C=O) groups is 1. The zero-order valence-corrected chi connectivity index (χ0v) is 18.4. The maximum atomic E-state index is 13.4. The van der Waals surface area contributed by atoms with Crippen molar-refractivity contribution < 1.29 is 13.9 Å². The zero-order valence-electron chi connectivity index (χ0n) is 18.4. The quantitative estimate of drug-likeness (QED) is 0.284. The van der Waals surface area contributed by atoms with Crippen LogP contribution in [0.25, 0.3) is 16.6 Å². The van der Waals surface area contributed by atoms with Gasteiger partial charge in [-0.05, 0) is 75.6 Å². The fourth-order valence-electron chi connectivity index (χ4n) is 3.42. The van der Waals surface area contributed by atoms with Crippen molar-refractivity contribution in [3.05, 3.63) is 74.9 Å². The maximum Gasteiger partial charge on any atom is 0.306 e. The van der Waals surface area contributed by atoms with E-state index >= 15 is 0 Å². The van der Waals surface area contributed by atoms with E-state index in [1.807, 2.05) is 20.8 Å². The van der Waals surface area contributed by atoms with Gasteiger partial charge in [0.25, 0.3) is 5.56 Å². The largest absolute Gasteiger partial charge is 0.460 e. The Morgan fingerprint density at radius 1 is 1.12 bits per heavy atom. The Balaban J connectivity index is 1.91. The number of unbranched alkanes of at least 4 members (excludes halogenated alkanes) is 1. The standard InChI is InChI=1S/C24H26FN3O4/c1-24(2,3)32-22(29)7-5-4-6-21-27-20-14-16(15-26-31)8-13-19(20)23(30)28(21)18-11-9-17(25)10-12-18/h8-14H,4-7,15H2,1-3H3. The lowest BCUT2D eigenvalue weighted by Gasteiger charge is -2.19. The van der Waals surface area contributed by atoms with Crippen LogP contribution in [0.2, 0.25) is 0 Å². The fraction of sp³-hybridized carbons (Fsp3) is 0.375. The summed E-state index contributed by atoms with van der Waals surface area (Å²) in [5.41, 5.74) is 0.820. The van der Waals surface area contributed by atoms with Gasteiger partial charge in [-0.1, -0.05) is 11.2 Å². The van der Waals surface area contributed by atoms with E-state index in [0.717, 1.165) is 0 Å². The number of halogens is 1. The van der Waals surface area contributed by atoms with E-state index in [1.54, 1.807) is 18.2 Å². The van der Waals surface area contributed by atoms with Crippen molar-refractivity contribution in [1.82, 2.24) is 9.55 Å². The minimum atomic E-state index is -0.534. The van der Waals surface area contributed by atoms with Gasteiger partial charge >= 0.3 is 5.97 Å². The van der Waals surface area contributed by atoms with Gasteiger partial charge in [-0.2, -0.15) is 4.91 Å². The number of benzene rings is 2. The molecule has 0 saturated carbocycles. The van der Waals surface area contributed by atoms with Gasteiger partial charge in [-0.3, -0.25) is 14.2 Å². The third-order valence-corrected chi connectivity index (χ3v) is 4.79. The van der Waals surface area contributed by atoms with Crippen LogP contribution in [0.3, 0.4) is 0 Å². The Bertz CT molecular complexity index is 1180. The molecule has 32 heavy (non-hydrogen) atoms. The molecule has 8 heteroatoms. The van der Waals surface area contributed by atoms with Crippen LogP contribution in [0.4, 0.5) is 4.39 Å². The minimum Gasteiger partial charge on any atom is -0.460 e. The summed E-state index contributed by atoms with van der Waals surface area (Å²) in [6.45, 7) is 5.45. The molecule has 168 valence electrons. The molecule has 0 amide bonds. The number of esters is 1. The SMILES string of the molecule is CC(C)(C)OC(=O)CCCCc1nc2cc(CN=O)ccc2c(=O)n1-c1ccc(F)cc1. The molecule has 3 rings (SSSR count). The van der Waals surface area contributed by atoms with Crippen LogP contribution >= 0.6 is 0 Å². The third kappa shape index (κ3) is 5.84. The topological polar surface area (TPSA) is 90.6 Å². The summed E-state index contributed by atoms with van der Waals surface area (Å²) in [6.07, 6.45) is 1.87. The summed E-state index contributed by atoms with van der Waals surface area (Å²) in [5.74, 6) is -0.180. The molecule has 0 aliphatic rings. The Morgan fingerprint density at radius 2 is 1.84 bits per heavy atom. The lowest BCUT2D eigenvalue weighted by atomic mass is 10.1. The number of hydrogen-bond acceptors (Lipinski definition) is 6. The average Bonchev–Trinajstić information content (AvgIpc) is 2.71. The number of hydrogen-bond donors (Lipinski definition) is 0. The summed E-state index contributed by atoms with van der Waals surface area (Å²) < 4.78 is 20.2. The van der Waals surface area contributed by atoms with Crippen molar-refractivity contribution in [3.63, 3.8) is 0 Å². The first-order valence-electron chi connectivity index (χ1n) is 10.5. The number of carbonyl (C=O) groups excluding carboxylic acids is 1. The molecule has 0 aliphatic carbocycles. The first-order chi connectivity index (χ1) is 15.2. The molecule has 2 aromatic carbocycles. The number of ether oxygens (including phenoxy) is 1. The van der Waals surface area contributed by atoms with Gasteiger partial charge in [0.15, 0.2) is 0 Å². The lowest BCUT2D eigenvalue weighted by molar-refractivity contribution is -0.154. The second-order valence-electron chi connectivity index (χ2n) is 8.58. The van der Waals surface area contributed by atoms with Crippen LogP contribution in [0, 0.1) is 10.7 Å². The van der Waals surface area contributed by atoms with Crippen molar-refractivity contribution in [3.8, 4) is 5.69 Å². The third-order valence-electron chi connectivity index (χ3n) is 4.79. The fourth-order valence-corrected chi connectivity index (χ4v) is 3.42. The van der Waals surface area contributed by atoms with Gasteiger partial charge in [0.05, 0.1) is 16.6 Å². The van der Waals surface area contributed by atoms with E-state index in [4.69, 9.17) is 4.74 Å². The monoisotopic (exact) mass is 439 g/mol. The number of aromatic nitrogens is 2. The highest BCUT2D eigenvalue weighted by Crippen LogP contribution is 2.18. The van der Waals surface area contributed by atoms with Gasteiger partial charge < -0.3 is 4.74 Å². The number of aryl methyl sites for hydroxylation is 1. The summed E-state index contributed by atoms with van der Waals surface area (Å²) in [4.78, 5) is 40.5. The summed E-state index contributed by atoms with van der Waals surface area (Å²) in [7, 11) is 0. The van der Waals surface area contributed by atoms with Crippen LogP contribution < -0.4 is 5.56 Å². The molecule has 1 aromatic heterocycles. The van der Waals surface area contributed by atoms with E-state index in [2.05, 4.69) is 10.2 Å². The Hall–Kier alpha value is -3.42. The molecule has 0 radical (unpaired) electrons. The molecule has 0 saturated heterocycles. The smallest absolute Gasteiger partial charge is 0.306 e. The van der Waals surface area contributed by atoms with E-state index < -0.39 is 11.4 Å². The molecule has 0 spiro atoms. The number of nitrogens with zero attached hydrogens (tertiary/aromatic N) is 3. The molecule has 0 unspecified atom stereocenters. The number of nitroso groups, excluding NO2 is 1. The van der Waals surface area contributed by atoms with Gasteiger partial charge in [0.1, 0.15) is 23.8 Å². The summed E-state index contributed by atoms with van der Waals surface area (Å²) in [5, 5.41) is 3.28. The van der Waals surface area contributed by atoms with Crippen molar-refractivity contribution in [2.45, 2.75) is 58.6 Å². The molecule has 0 atom stereocenters. The summed E-state index contributed by atoms with van der Waals surface area (Å²) in [6, 6.07) is 10.6. The minimum absolute atomic E-state index is 0.0100. The molecular weight excluding hydrogens is 413 g/mol. The molecule has 1 heterocycles. The van der Waals surface area contributed by atoms with E-state index in [-0.39, 0.29) is 24.5 Å². The summed E-state index contributed by atoms with van der Waals surface area (Å²) >= 11 is 0. The average molecular weight is 439 g/mol. The normalized spacial score (nSPS) is 11.5. The van der Waals surface area contributed by atoms with Crippen LogP contribution in [0.15, 0.2) is 52.4 Å². The van der Waals surface area contributed by atoms with Crippen LogP contribution in [0.1, 0.15) is 51.4 Å². The Labute approximate surface area is 185 Å². The van der Waals surface area contributed by atoms with Crippen molar-refractivity contribution >= 4 is 16.9 Å². The molecule has 0 aliphatic heterocycles. The van der Waals surface area contributed by atoms with E-state index in [0.29, 0.717) is 47.2 Å². The lowest BCUT2D eigenvalue weighted by Crippen LogP contribution is -2.24. The van der Waals surface area contributed by atoms with Gasteiger partial charge in [0.2, 0.25) is 0 Å². The molecule has 0 fully saturated rings. The molecule has 0 bridgehead atoms. The number of rotatable bonds is 8. The van der Waals surface area contributed by atoms with Crippen LogP contribution in [-0.2, 0) is 22.5 Å². The van der Waals surface area contributed by atoms with Gasteiger partial charge in [-0.25, -0.2) is 9.37 Å². The van der Waals surface area contributed by atoms with Gasteiger partial charge in [0, 0.05) is 12.8 Å². The first-order valence-corrected chi connectivity index (χ1v) is 10.5.